The van der Waals surface area contributed by atoms with Crippen LogP contribution < -0.4 is 5.32 Å². The van der Waals surface area contributed by atoms with Gasteiger partial charge in [-0.1, -0.05) is 24.8 Å². The molecule has 0 bridgehead atoms. The van der Waals surface area contributed by atoms with Crippen LogP contribution in [0.2, 0.25) is 0 Å². The molecule has 1 heterocycles. The summed E-state index contributed by atoms with van der Waals surface area (Å²) in [6.45, 7) is 1.96. The van der Waals surface area contributed by atoms with Gasteiger partial charge in [-0.2, -0.15) is 8.42 Å². The molecule has 0 amide bonds. The van der Waals surface area contributed by atoms with Gasteiger partial charge in [0.15, 0.2) is 5.17 Å². The van der Waals surface area contributed by atoms with Crippen LogP contribution in [0.15, 0.2) is 27.5 Å². The van der Waals surface area contributed by atoms with Gasteiger partial charge >= 0.3 is 5.97 Å². The SMILES string of the molecule is CCc1ccc2c(c1)S(=O)(=O)N=C(SCCCC(=O)O)N2. The van der Waals surface area contributed by atoms with Crippen molar-refractivity contribution in [3.8, 4) is 0 Å². The Morgan fingerprint density at radius 1 is 1.43 bits per heavy atom. The van der Waals surface area contributed by atoms with E-state index in [2.05, 4.69) is 9.71 Å². The molecule has 0 fully saturated rings. The Labute approximate surface area is 127 Å². The van der Waals surface area contributed by atoms with E-state index in [9.17, 15) is 13.2 Å². The molecule has 8 heteroatoms. The van der Waals surface area contributed by atoms with Gasteiger partial charge in [0.1, 0.15) is 4.90 Å². The molecule has 114 valence electrons. The second kappa shape index (κ2) is 6.48. The van der Waals surface area contributed by atoms with Crippen LogP contribution in [0.3, 0.4) is 0 Å². The molecule has 1 aromatic carbocycles. The Kier molecular flexibility index (Phi) is 4.89. The first kappa shape index (κ1) is 15.8. The lowest BCUT2D eigenvalue weighted by Gasteiger charge is -2.18. The summed E-state index contributed by atoms with van der Waals surface area (Å²) in [7, 11) is -3.69. The lowest BCUT2D eigenvalue weighted by Crippen LogP contribution is -2.19. The Hall–Kier alpha value is -1.54. The van der Waals surface area contributed by atoms with E-state index in [0.717, 1.165) is 12.0 Å². The summed E-state index contributed by atoms with van der Waals surface area (Å²) in [5.74, 6) is -0.366. The van der Waals surface area contributed by atoms with Gasteiger partial charge in [-0.25, -0.2) is 0 Å². The zero-order chi connectivity index (χ0) is 15.5. The van der Waals surface area contributed by atoms with E-state index in [0.29, 0.717) is 17.9 Å². The van der Waals surface area contributed by atoms with Gasteiger partial charge in [0.25, 0.3) is 10.0 Å². The number of sulfonamides is 1. The number of benzene rings is 1. The van der Waals surface area contributed by atoms with Crippen LogP contribution in [0, 0.1) is 0 Å². The number of aryl methyl sites for hydroxylation is 1. The molecule has 0 spiro atoms. The quantitative estimate of drug-likeness (QED) is 0.805. The highest BCUT2D eigenvalue weighted by atomic mass is 32.2. The fraction of sp³-hybridized carbons (Fsp3) is 0.385. The summed E-state index contributed by atoms with van der Waals surface area (Å²) in [6.07, 6.45) is 1.27. The molecule has 0 aromatic heterocycles. The van der Waals surface area contributed by atoms with Gasteiger partial charge in [0.2, 0.25) is 0 Å². The maximum absolute atomic E-state index is 12.2. The summed E-state index contributed by atoms with van der Waals surface area (Å²) in [4.78, 5) is 10.6. The van der Waals surface area contributed by atoms with Gasteiger partial charge in [0, 0.05) is 12.2 Å². The summed E-state index contributed by atoms with van der Waals surface area (Å²) in [5, 5.41) is 11.8. The molecule has 2 rings (SSSR count). The number of carboxylic acid groups (broad SMARTS) is 1. The number of carboxylic acids is 1. The first-order valence-electron chi connectivity index (χ1n) is 6.52. The number of amidine groups is 1. The molecule has 1 aliphatic heterocycles. The van der Waals surface area contributed by atoms with Gasteiger partial charge in [-0.15, -0.1) is 4.40 Å². The Morgan fingerprint density at radius 2 is 2.19 bits per heavy atom. The topological polar surface area (TPSA) is 95.8 Å². The lowest BCUT2D eigenvalue weighted by atomic mass is 10.1. The zero-order valence-corrected chi connectivity index (χ0v) is 13.1. The van der Waals surface area contributed by atoms with Crippen molar-refractivity contribution in [2.75, 3.05) is 11.1 Å². The fourth-order valence-electron chi connectivity index (χ4n) is 1.85. The predicted molar refractivity (Wildman–Crippen MR) is 83.4 cm³/mol. The Bertz CT molecular complexity index is 683. The van der Waals surface area contributed by atoms with Crippen molar-refractivity contribution in [2.45, 2.75) is 31.1 Å². The molecule has 2 N–H and O–H groups in total. The molecule has 1 aliphatic rings. The van der Waals surface area contributed by atoms with E-state index < -0.39 is 16.0 Å². The lowest BCUT2D eigenvalue weighted by molar-refractivity contribution is -0.137. The number of nitrogens with one attached hydrogen (secondary N) is 1. The second-order valence-electron chi connectivity index (χ2n) is 4.53. The van der Waals surface area contributed by atoms with E-state index in [1.807, 2.05) is 13.0 Å². The number of nitrogens with zero attached hydrogens (tertiary/aromatic N) is 1. The molecular formula is C13H16N2O4S2. The maximum atomic E-state index is 12.2. The first-order valence-corrected chi connectivity index (χ1v) is 8.94. The van der Waals surface area contributed by atoms with Crippen molar-refractivity contribution in [3.05, 3.63) is 23.8 Å². The number of rotatable bonds is 5. The maximum Gasteiger partial charge on any atom is 0.303 e. The van der Waals surface area contributed by atoms with Gasteiger partial charge in [-0.3, -0.25) is 4.79 Å². The van der Waals surface area contributed by atoms with Gasteiger partial charge in [-0.05, 0) is 30.5 Å². The predicted octanol–water partition coefficient (Wildman–Crippen LogP) is 2.32. The Balaban J connectivity index is 2.12. The van der Waals surface area contributed by atoms with E-state index >= 15 is 0 Å². The number of anilines is 1. The molecule has 1 aromatic rings. The van der Waals surface area contributed by atoms with Crippen LogP contribution in [0.1, 0.15) is 25.3 Å². The van der Waals surface area contributed by atoms with Crippen LogP contribution in [0.5, 0.6) is 0 Å². The van der Waals surface area contributed by atoms with Gasteiger partial charge in [0.05, 0.1) is 5.69 Å². The number of carbonyl (C=O) groups is 1. The van der Waals surface area contributed by atoms with Crippen molar-refractivity contribution in [2.24, 2.45) is 4.40 Å². The minimum atomic E-state index is -3.69. The van der Waals surface area contributed by atoms with Gasteiger partial charge < -0.3 is 10.4 Å². The monoisotopic (exact) mass is 328 g/mol. The fourth-order valence-corrected chi connectivity index (χ4v) is 4.08. The minimum Gasteiger partial charge on any atom is -0.481 e. The van der Waals surface area contributed by atoms with Crippen molar-refractivity contribution < 1.29 is 18.3 Å². The molecule has 21 heavy (non-hydrogen) atoms. The highest BCUT2D eigenvalue weighted by Crippen LogP contribution is 2.30. The number of aliphatic carboxylic acids is 1. The third-order valence-electron chi connectivity index (χ3n) is 2.95. The van der Waals surface area contributed by atoms with E-state index in [4.69, 9.17) is 5.11 Å². The highest BCUT2D eigenvalue weighted by Gasteiger charge is 2.25. The molecular weight excluding hydrogens is 312 g/mol. The van der Waals surface area contributed by atoms with Crippen molar-refractivity contribution in [1.29, 1.82) is 0 Å². The van der Waals surface area contributed by atoms with Crippen molar-refractivity contribution in [1.82, 2.24) is 0 Å². The van der Waals surface area contributed by atoms with E-state index in [-0.39, 0.29) is 16.5 Å². The van der Waals surface area contributed by atoms with Crippen LogP contribution in [0.25, 0.3) is 0 Å². The van der Waals surface area contributed by atoms with Crippen LogP contribution in [-0.2, 0) is 21.2 Å². The molecule has 0 saturated carbocycles. The summed E-state index contributed by atoms with van der Waals surface area (Å²) in [5.41, 5.74) is 1.45. The van der Waals surface area contributed by atoms with Crippen molar-refractivity contribution in [3.63, 3.8) is 0 Å². The average molecular weight is 328 g/mol. The largest absolute Gasteiger partial charge is 0.481 e. The number of thioether (sulfide) groups is 1. The average Bonchev–Trinajstić information content (AvgIpc) is 2.42. The smallest absolute Gasteiger partial charge is 0.303 e. The zero-order valence-electron chi connectivity index (χ0n) is 11.5. The minimum absolute atomic E-state index is 0.0590. The molecule has 0 saturated heterocycles. The van der Waals surface area contributed by atoms with E-state index in [1.165, 1.54) is 11.8 Å². The summed E-state index contributed by atoms with van der Waals surface area (Å²) in [6, 6.07) is 5.24. The molecule has 0 aliphatic carbocycles. The summed E-state index contributed by atoms with van der Waals surface area (Å²) < 4.78 is 28.1. The summed E-state index contributed by atoms with van der Waals surface area (Å²) >= 11 is 1.21. The number of hydrogen-bond donors (Lipinski definition) is 2. The second-order valence-corrected chi connectivity index (χ2v) is 7.18. The third-order valence-corrected chi connectivity index (χ3v) is 5.34. The van der Waals surface area contributed by atoms with Crippen LogP contribution >= 0.6 is 11.8 Å². The number of hydrogen-bond acceptors (Lipinski definition) is 5. The standard InChI is InChI=1S/C13H16N2O4S2/c1-2-9-5-6-10-11(8-9)21(18,19)15-13(14-10)20-7-3-4-12(16)17/h5-6,8H,2-4,7H2,1H3,(H,14,15)(H,16,17). The number of fused-ring (bicyclic) bond motifs is 1. The third kappa shape index (κ3) is 3.98. The van der Waals surface area contributed by atoms with Crippen LogP contribution in [0.4, 0.5) is 5.69 Å². The Morgan fingerprint density at radius 3 is 2.86 bits per heavy atom. The van der Waals surface area contributed by atoms with Crippen LogP contribution in [-0.4, -0.2) is 30.4 Å². The first-order chi connectivity index (χ1) is 9.92. The van der Waals surface area contributed by atoms with E-state index in [1.54, 1.807) is 12.1 Å². The molecule has 0 unspecified atom stereocenters. The molecule has 6 nitrogen and oxygen atoms in total. The van der Waals surface area contributed by atoms with Crippen molar-refractivity contribution >= 4 is 38.6 Å². The normalized spacial score (nSPS) is 15.8. The highest BCUT2D eigenvalue weighted by molar-refractivity contribution is 8.14. The molecule has 0 atom stereocenters. The molecule has 0 radical (unpaired) electrons.